The van der Waals surface area contributed by atoms with Gasteiger partial charge in [-0.25, -0.2) is 0 Å². The molecule has 1 atom stereocenters. The van der Waals surface area contributed by atoms with E-state index in [2.05, 4.69) is 24.1 Å². The van der Waals surface area contributed by atoms with Crippen LogP contribution in [0, 0.1) is 0 Å². The van der Waals surface area contributed by atoms with Crippen LogP contribution < -0.4 is 5.32 Å². The molecule has 0 aliphatic rings. The first-order chi connectivity index (χ1) is 8.76. The molecule has 1 aromatic heterocycles. The minimum absolute atomic E-state index is 0.321. The molecule has 0 aliphatic heterocycles. The van der Waals surface area contributed by atoms with E-state index in [-0.39, 0.29) is 0 Å². The van der Waals surface area contributed by atoms with Gasteiger partial charge in [0.15, 0.2) is 0 Å². The number of ether oxygens (including phenoxy) is 1. The number of hydrogen-bond acceptors (Lipinski definition) is 3. The molecule has 0 bridgehead atoms. The highest BCUT2D eigenvalue weighted by Crippen LogP contribution is 2.12. The highest BCUT2D eigenvalue weighted by atomic mass is 16.5. The zero-order valence-corrected chi connectivity index (χ0v) is 11.9. The molecule has 1 aromatic rings. The third kappa shape index (κ3) is 6.01. The van der Waals surface area contributed by atoms with Gasteiger partial charge in [-0.2, -0.15) is 0 Å². The van der Waals surface area contributed by atoms with Crippen LogP contribution in [0.2, 0.25) is 0 Å². The standard InChI is InChI=1S/C15H26N2O/c1-4-5-6-7-8-13(2)18-12-15-11-14(16-3)9-10-17-15/h9-11,13H,4-8,12H2,1-3H3,(H,16,17). The Labute approximate surface area is 111 Å². The summed E-state index contributed by atoms with van der Waals surface area (Å²) in [7, 11) is 1.91. The monoisotopic (exact) mass is 250 g/mol. The number of aromatic nitrogens is 1. The Kier molecular flexibility index (Phi) is 7.42. The molecule has 1 N–H and O–H groups in total. The van der Waals surface area contributed by atoms with Crippen LogP contribution in [0.15, 0.2) is 18.3 Å². The number of unbranched alkanes of at least 4 members (excludes halogenated alkanes) is 3. The van der Waals surface area contributed by atoms with Gasteiger partial charge in [0.25, 0.3) is 0 Å². The van der Waals surface area contributed by atoms with Crippen molar-refractivity contribution in [1.29, 1.82) is 0 Å². The van der Waals surface area contributed by atoms with E-state index < -0.39 is 0 Å². The Morgan fingerprint density at radius 1 is 1.33 bits per heavy atom. The average molecular weight is 250 g/mol. The lowest BCUT2D eigenvalue weighted by Crippen LogP contribution is -2.09. The van der Waals surface area contributed by atoms with E-state index in [1.807, 2.05) is 25.4 Å². The van der Waals surface area contributed by atoms with E-state index in [4.69, 9.17) is 4.74 Å². The largest absolute Gasteiger partial charge is 0.388 e. The van der Waals surface area contributed by atoms with Crippen LogP contribution in [0.5, 0.6) is 0 Å². The second-order valence-electron chi connectivity index (χ2n) is 4.76. The normalized spacial score (nSPS) is 12.4. The molecule has 0 aromatic carbocycles. The maximum absolute atomic E-state index is 5.82. The molecule has 0 saturated heterocycles. The van der Waals surface area contributed by atoms with E-state index in [1.54, 1.807) is 0 Å². The molecular weight excluding hydrogens is 224 g/mol. The zero-order valence-electron chi connectivity index (χ0n) is 11.9. The predicted molar refractivity (Wildman–Crippen MR) is 76.8 cm³/mol. The Bertz CT molecular complexity index is 328. The van der Waals surface area contributed by atoms with E-state index >= 15 is 0 Å². The number of anilines is 1. The van der Waals surface area contributed by atoms with Crippen LogP contribution >= 0.6 is 0 Å². The number of hydrogen-bond donors (Lipinski definition) is 1. The first-order valence-electron chi connectivity index (χ1n) is 7.00. The van der Waals surface area contributed by atoms with Crippen molar-refractivity contribution in [2.24, 2.45) is 0 Å². The van der Waals surface area contributed by atoms with Crippen LogP contribution in [-0.2, 0) is 11.3 Å². The molecule has 3 heteroatoms. The Hall–Kier alpha value is -1.09. The lowest BCUT2D eigenvalue weighted by atomic mass is 10.1. The van der Waals surface area contributed by atoms with Crippen LogP contribution in [0.25, 0.3) is 0 Å². The molecule has 0 fully saturated rings. The summed E-state index contributed by atoms with van der Waals surface area (Å²) in [4.78, 5) is 4.30. The number of nitrogens with one attached hydrogen (secondary N) is 1. The summed E-state index contributed by atoms with van der Waals surface area (Å²) < 4.78 is 5.82. The summed E-state index contributed by atoms with van der Waals surface area (Å²) in [5, 5.41) is 3.11. The average Bonchev–Trinajstić information content (AvgIpc) is 2.41. The Morgan fingerprint density at radius 2 is 2.17 bits per heavy atom. The third-order valence-electron chi connectivity index (χ3n) is 3.09. The maximum atomic E-state index is 5.82. The molecule has 1 rings (SSSR count). The molecule has 0 radical (unpaired) electrons. The number of pyridine rings is 1. The summed E-state index contributed by atoms with van der Waals surface area (Å²) >= 11 is 0. The van der Waals surface area contributed by atoms with E-state index in [9.17, 15) is 0 Å². The molecular formula is C15H26N2O. The van der Waals surface area contributed by atoms with Crippen LogP contribution in [0.3, 0.4) is 0 Å². The predicted octanol–water partition coefficient (Wildman–Crippen LogP) is 4.00. The molecule has 102 valence electrons. The Morgan fingerprint density at radius 3 is 2.89 bits per heavy atom. The summed E-state index contributed by atoms with van der Waals surface area (Å²) in [6, 6.07) is 3.99. The molecule has 0 amide bonds. The lowest BCUT2D eigenvalue weighted by molar-refractivity contribution is 0.0440. The molecule has 0 spiro atoms. The molecule has 1 unspecified atom stereocenters. The van der Waals surface area contributed by atoms with E-state index in [1.165, 1.54) is 25.7 Å². The first kappa shape index (κ1) is 15.0. The van der Waals surface area contributed by atoms with Crippen molar-refractivity contribution < 1.29 is 4.74 Å². The number of rotatable bonds is 9. The fraction of sp³-hybridized carbons (Fsp3) is 0.667. The van der Waals surface area contributed by atoms with Crippen LogP contribution in [-0.4, -0.2) is 18.1 Å². The fourth-order valence-electron chi connectivity index (χ4n) is 1.88. The zero-order chi connectivity index (χ0) is 13.2. The van der Waals surface area contributed by atoms with Gasteiger partial charge in [-0.3, -0.25) is 4.98 Å². The Balaban J connectivity index is 2.22. The van der Waals surface area contributed by atoms with Gasteiger partial charge in [0.05, 0.1) is 18.4 Å². The molecule has 0 saturated carbocycles. The van der Waals surface area contributed by atoms with Gasteiger partial charge in [-0.05, 0) is 25.5 Å². The first-order valence-corrected chi connectivity index (χ1v) is 7.00. The van der Waals surface area contributed by atoms with Crippen molar-refractivity contribution >= 4 is 5.69 Å². The van der Waals surface area contributed by atoms with Gasteiger partial charge in [0, 0.05) is 18.9 Å². The third-order valence-corrected chi connectivity index (χ3v) is 3.09. The minimum atomic E-state index is 0.321. The summed E-state index contributed by atoms with van der Waals surface area (Å²) in [5.41, 5.74) is 2.07. The van der Waals surface area contributed by atoms with Crippen molar-refractivity contribution in [3.63, 3.8) is 0 Å². The molecule has 0 aliphatic carbocycles. The fourth-order valence-corrected chi connectivity index (χ4v) is 1.88. The van der Waals surface area contributed by atoms with E-state index in [0.717, 1.165) is 17.8 Å². The lowest BCUT2D eigenvalue weighted by Gasteiger charge is -2.13. The van der Waals surface area contributed by atoms with Crippen molar-refractivity contribution in [3.05, 3.63) is 24.0 Å². The highest BCUT2D eigenvalue weighted by molar-refractivity contribution is 5.42. The summed E-state index contributed by atoms with van der Waals surface area (Å²) in [6.07, 6.45) is 8.48. The highest BCUT2D eigenvalue weighted by Gasteiger charge is 2.03. The quantitative estimate of drug-likeness (QED) is 0.673. The molecule has 18 heavy (non-hydrogen) atoms. The molecule has 3 nitrogen and oxygen atoms in total. The maximum Gasteiger partial charge on any atom is 0.0892 e. The van der Waals surface area contributed by atoms with Crippen molar-refractivity contribution in [2.45, 2.75) is 58.7 Å². The topological polar surface area (TPSA) is 34.1 Å². The van der Waals surface area contributed by atoms with Gasteiger partial charge in [-0.1, -0.05) is 32.6 Å². The number of nitrogens with zero attached hydrogens (tertiary/aromatic N) is 1. The van der Waals surface area contributed by atoms with Crippen LogP contribution in [0.4, 0.5) is 5.69 Å². The van der Waals surface area contributed by atoms with Gasteiger partial charge in [-0.15, -0.1) is 0 Å². The smallest absolute Gasteiger partial charge is 0.0892 e. The van der Waals surface area contributed by atoms with Crippen molar-refractivity contribution in [1.82, 2.24) is 4.98 Å². The van der Waals surface area contributed by atoms with Gasteiger partial charge < -0.3 is 10.1 Å². The second kappa shape index (κ2) is 8.92. The molecule has 1 heterocycles. The summed E-state index contributed by atoms with van der Waals surface area (Å²) in [5.74, 6) is 0. The minimum Gasteiger partial charge on any atom is -0.388 e. The van der Waals surface area contributed by atoms with Gasteiger partial charge >= 0.3 is 0 Å². The summed E-state index contributed by atoms with van der Waals surface area (Å²) in [6.45, 7) is 4.98. The SMILES string of the molecule is CCCCCCC(C)OCc1cc(NC)ccn1. The van der Waals surface area contributed by atoms with E-state index in [0.29, 0.717) is 12.7 Å². The van der Waals surface area contributed by atoms with Crippen LogP contribution in [0.1, 0.15) is 51.6 Å². The van der Waals surface area contributed by atoms with Crippen molar-refractivity contribution in [3.8, 4) is 0 Å². The van der Waals surface area contributed by atoms with Gasteiger partial charge in [0.1, 0.15) is 0 Å². The second-order valence-corrected chi connectivity index (χ2v) is 4.76. The van der Waals surface area contributed by atoms with Gasteiger partial charge in [0.2, 0.25) is 0 Å². The van der Waals surface area contributed by atoms with Crippen molar-refractivity contribution in [2.75, 3.05) is 12.4 Å².